The number of nitriles is 1. The molecule has 0 aliphatic heterocycles. The summed E-state index contributed by atoms with van der Waals surface area (Å²) in [5, 5.41) is 13.3. The second-order valence-corrected chi connectivity index (χ2v) is 3.74. The van der Waals surface area contributed by atoms with Gasteiger partial charge in [-0.2, -0.15) is 5.26 Å². The van der Waals surface area contributed by atoms with Crippen molar-refractivity contribution in [3.63, 3.8) is 0 Å². The van der Waals surface area contributed by atoms with Crippen molar-refractivity contribution in [1.29, 1.82) is 5.26 Å². The van der Waals surface area contributed by atoms with E-state index in [0.717, 1.165) is 0 Å². The lowest BCUT2D eigenvalue weighted by molar-refractivity contribution is -0.136. The molecule has 7 heteroatoms. The van der Waals surface area contributed by atoms with E-state index in [1.165, 1.54) is 18.2 Å². The van der Waals surface area contributed by atoms with Crippen LogP contribution in [0.1, 0.15) is 0 Å². The molecule has 0 aromatic heterocycles. The number of benzene rings is 1. The topological polar surface area (TPSA) is 82.0 Å². The van der Waals surface area contributed by atoms with Gasteiger partial charge in [0, 0.05) is 5.69 Å². The molecular weight excluding hydrogens is 265 g/mol. The molecular formula is C10H7Cl2N3O2. The summed E-state index contributed by atoms with van der Waals surface area (Å²) in [5.74, 6) is -1.77. The first kappa shape index (κ1) is 13.3. The molecule has 1 aromatic carbocycles. The van der Waals surface area contributed by atoms with Crippen LogP contribution >= 0.6 is 23.2 Å². The van der Waals surface area contributed by atoms with E-state index in [0.29, 0.717) is 10.7 Å². The number of anilines is 1. The number of carbonyl (C=O) groups excluding carboxylic acids is 2. The summed E-state index contributed by atoms with van der Waals surface area (Å²) in [6, 6.07) is 6.10. The van der Waals surface area contributed by atoms with E-state index in [1.807, 2.05) is 0 Å². The second-order valence-electron chi connectivity index (χ2n) is 2.92. The molecule has 0 aliphatic carbocycles. The van der Waals surface area contributed by atoms with Gasteiger partial charge in [-0.05, 0) is 18.2 Å². The highest BCUT2D eigenvalue weighted by molar-refractivity contribution is 6.42. The van der Waals surface area contributed by atoms with Crippen LogP contribution in [0.5, 0.6) is 0 Å². The van der Waals surface area contributed by atoms with Gasteiger partial charge in [0.1, 0.15) is 6.54 Å². The molecule has 17 heavy (non-hydrogen) atoms. The maximum absolute atomic E-state index is 11.3. The first-order valence-corrected chi connectivity index (χ1v) is 5.21. The summed E-state index contributed by atoms with van der Waals surface area (Å²) < 4.78 is 0. The zero-order valence-corrected chi connectivity index (χ0v) is 9.97. The fourth-order valence-electron chi connectivity index (χ4n) is 0.962. The fourth-order valence-corrected chi connectivity index (χ4v) is 1.26. The number of hydrogen-bond donors (Lipinski definition) is 2. The van der Waals surface area contributed by atoms with Gasteiger partial charge in [-0.25, -0.2) is 0 Å². The molecule has 2 N–H and O–H groups in total. The van der Waals surface area contributed by atoms with Gasteiger partial charge < -0.3 is 10.6 Å². The molecule has 2 amide bonds. The standard InChI is InChI=1S/C10H7Cl2N3O2/c11-7-2-1-6(5-8(7)12)15-10(17)9(16)14-4-3-13/h1-2,5H,4H2,(H,14,16)(H,15,17). The Balaban J connectivity index is 2.65. The van der Waals surface area contributed by atoms with Crippen molar-refractivity contribution in [2.45, 2.75) is 0 Å². The Morgan fingerprint density at radius 3 is 2.53 bits per heavy atom. The molecule has 0 fully saturated rings. The van der Waals surface area contributed by atoms with E-state index in [9.17, 15) is 9.59 Å². The minimum atomic E-state index is -0.891. The van der Waals surface area contributed by atoms with Crippen molar-refractivity contribution in [1.82, 2.24) is 5.32 Å². The summed E-state index contributed by atoms with van der Waals surface area (Å²) in [6.45, 7) is -0.229. The lowest BCUT2D eigenvalue weighted by Crippen LogP contribution is -2.35. The number of halogens is 2. The zero-order chi connectivity index (χ0) is 12.8. The lowest BCUT2D eigenvalue weighted by Gasteiger charge is -2.05. The number of nitrogens with one attached hydrogen (secondary N) is 2. The predicted molar refractivity (Wildman–Crippen MR) is 63.7 cm³/mol. The maximum atomic E-state index is 11.3. The number of rotatable bonds is 2. The molecule has 0 saturated heterocycles. The molecule has 0 unspecified atom stereocenters. The molecule has 0 spiro atoms. The van der Waals surface area contributed by atoms with Crippen LogP contribution in [0.15, 0.2) is 18.2 Å². The second kappa shape index (κ2) is 6.09. The van der Waals surface area contributed by atoms with Gasteiger partial charge in [0.05, 0.1) is 16.1 Å². The monoisotopic (exact) mass is 271 g/mol. The minimum Gasteiger partial charge on any atom is -0.335 e. The van der Waals surface area contributed by atoms with Gasteiger partial charge in [0.2, 0.25) is 0 Å². The third-order valence-corrected chi connectivity index (χ3v) is 2.45. The van der Waals surface area contributed by atoms with Gasteiger partial charge in [0.15, 0.2) is 0 Å². The number of amides is 2. The molecule has 1 rings (SSSR count). The van der Waals surface area contributed by atoms with E-state index in [-0.39, 0.29) is 11.6 Å². The van der Waals surface area contributed by atoms with Gasteiger partial charge in [-0.3, -0.25) is 9.59 Å². The Morgan fingerprint density at radius 2 is 1.94 bits per heavy atom. The fraction of sp³-hybridized carbons (Fsp3) is 0.100. The first-order valence-electron chi connectivity index (χ1n) is 4.45. The quantitative estimate of drug-likeness (QED) is 0.633. The minimum absolute atomic E-state index is 0.229. The van der Waals surface area contributed by atoms with E-state index in [1.54, 1.807) is 6.07 Å². The number of carbonyl (C=O) groups is 2. The van der Waals surface area contributed by atoms with Crippen LogP contribution in [0.3, 0.4) is 0 Å². The number of nitrogens with zero attached hydrogens (tertiary/aromatic N) is 1. The molecule has 1 aromatic rings. The normalized spacial score (nSPS) is 9.24. The van der Waals surface area contributed by atoms with Crippen LogP contribution in [-0.4, -0.2) is 18.4 Å². The molecule has 0 heterocycles. The Kier molecular flexibility index (Phi) is 4.76. The van der Waals surface area contributed by atoms with Crippen molar-refractivity contribution in [2.24, 2.45) is 0 Å². The Hall–Kier alpha value is -1.77. The third kappa shape index (κ3) is 3.94. The molecule has 0 radical (unpaired) electrons. The average molecular weight is 272 g/mol. The summed E-state index contributed by atoms with van der Waals surface area (Å²) in [5.41, 5.74) is 0.344. The summed E-state index contributed by atoms with van der Waals surface area (Å²) in [6.07, 6.45) is 0. The summed E-state index contributed by atoms with van der Waals surface area (Å²) >= 11 is 11.4. The van der Waals surface area contributed by atoms with Gasteiger partial charge >= 0.3 is 11.8 Å². The molecule has 0 bridgehead atoms. The molecule has 0 aliphatic rings. The van der Waals surface area contributed by atoms with Crippen LogP contribution < -0.4 is 10.6 Å². The van der Waals surface area contributed by atoms with E-state index in [2.05, 4.69) is 10.6 Å². The largest absolute Gasteiger partial charge is 0.335 e. The van der Waals surface area contributed by atoms with E-state index in [4.69, 9.17) is 28.5 Å². The Morgan fingerprint density at radius 1 is 1.24 bits per heavy atom. The van der Waals surface area contributed by atoms with Crippen LogP contribution in [0.25, 0.3) is 0 Å². The van der Waals surface area contributed by atoms with Gasteiger partial charge in [0.25, 0.3) is 0 Å². The SMILES string of the molecule is N#CCNC(=O)C(=O)Nc1ccc(Cl)c(Cl)c1. The van der Waals surface area contributed by atoms with Crippen LogP contribution in [-0.2, 0) is 9.59 Å². The highest BCUT2D eigenvalue weighted by atomic mass is 35.5. The van der Waals surface area contributed by atoms with E-state index >= 15 is 0 Å². The van der Waals surface area contributed by atoms with Crippen LogP contribution in [0.4, 0.5) is 5.69 Å². The zero-order valence-electron chi connectivity index (χ0n) is 8.46. The summed E-state index contributed by atoms with van der Waals surface area (Å²) in [7, 11) is 0. The third-order valence-electron chi connectivity index (χ3n) is 1.71. The predicted octanol–water partition coefficient (Wildman–Crippen LogP) is 1.57. The highest BCUT2D eigenvalue weighted by Crippen LogP contribution is 2.24. The smallest absolute Gasteiger partial charge is 0.313 e. The maximum Gasteiger partial charge on any atom is 0.313 e. The molecule has 88 valence electrons. The first-order chi connectivity index (χ1) is 8.04. The average Bonchev–Trinajstić information content (AvgIpc) is 2.30. The van der Waals surface area contributed by atoms with Crippen LogP contribution in [0, 0.1) is 11.3 Å². The van der Waals surface area contributed by atoms with Crippen molar-refractivity contribution < 1.29 is 9.59 Å². The lowest BCUT2D eigenvalue weighted by atomic mass is 10.3. The number of hydrogen-bond acceptors (Lipinski definition) is 3. The van der Waals surface area contributed by atoms with E-state index < -0.39 is 11.8 Å². The van der Waals surface area contributed by atoms with Crippen molar-refractivity contribution in [3.8, 4) is 6.07 Å². The van der Waals surface area contributed by atoms with Crippen molar-refractivity contribution in [3.05, 3.63) is 28.2 Å². The Bertz CT molecular complexity index is 497. The Labute approximate surface area is 107 Å². The van der Waals surface area contributed by atoms with Gasteiger partial charge in [-0.1, -0.05) is 23.2 Å². The van der Waals surface area contributed by atoms with Crippen LogP contribution in [0.2, 0.25) is 10.0 Å². The molecule has 0 atom stereocenters. The molecule has 0 saturated carbocycles. The van der Waals surface area contributed by atoms with Gasteiger partial charge in [-0.15, -0.1) is 0 Å². The van der Waals surface area contributed by atoms with Crippen molar-refractivity contribution >= 4 is 40.7 Å². The summed E-state index contributed by atoms with van der Waals surface area (Å²) in [4.78, 5) is 22.4. The highest BCUT2D eigenvalue weighted by Gasteiger charge is 2.13. The molecule has 5 nitrogen and oxygen atoms in total. The van der Waals surface area contributed by atoms with Crippen molar-refractivity contribution in [2.75, 3.05) is 11.9 Å².